The first kappa shape index (κ1) is 15.5. The predicted octanol–water partition coefficient (Wildman–Crippen LogP) is 1.19. The van der Waals surface area contributed by atoms with Crippen molar-refractivity contribution < 1.29 is 8.42 Å². The average molecular weight is 288 g/mol. The summed E-state index contributed by atoms with van der Waals surface area (Å²) in [5.41, 5.74) is 1.96. The van der Waals surface area contributed by atoms with Gasteiger partial charge in [-0.05, 0) is 24.4 Å². The van der Waals surface area contributed by atoms with Gasteiger partial charge in [0.1, 0.15) is 0 Å². The molecular weight excluding hydrogens is 268 g/mol. The smallest absolute Gasteiger partial charge is 0.215 e. The molecule has 0 radical (unpaired) electrons. The van der Waals surface area contributed by atoms with E-state index in [1.165, 1.54) is 0 Å². The molecule has 2 N–H and O–H groups in total. The topological polar surface area (TPSA) is 58.2 Å². The summed E-state index contributed by atoms with van der Waals surface area (Å²) in [6, 6.07) is 7.62. The van der Waals surface area contributed by atoms with E-state index in [0.29, 0.717) is 6.54 Å². The van der Waals surface area contributed by atoms with Crippen LogP contribution in [-0.2, 0) is 22.3 Å². The monoisotopic (exact) mass is 288 g/mol. The fraction of sp³-hybridized carbons (Fsp3) is 0.500. The summed E-state index contributed by atoms with van der Waals surface area (Å²) in [5.74, 6) is 0.835. The van der Waals surface area contributed by atoms with Crippen molar-refractivity contribution in [3.8, 4) is 0 Å². The molecule has 1 rings (SSSR count). The molecule has 1 aromatic carbocycles. The van der Waals surface area contributed by atoms with Crippen LogP contribution in [0.25, 0.3) is 0 Å². The normalized spacial score (nSPS) is 11.7. The van der Waals surface area contributed by atoms with Crippen molar-refractivity contribution in [1.29, 1.82) is 0 Å². The standard InChI is InChI=1S/C12H20N2O2S2/c1-13-9-11-3-5-12(6-4-11)10-18(15,16)14-7-8-17-2/h3-6,13-14H,7-10H2,1-2H3. The van der Waals surface area contributed by atoms with Crippen LogP contribution in [0.2, 0.25) is 0 Å². The summed E-state index contributed by atoms with van der Waals surface area (Å²) in [7, 11) is -1.33. The predicted molar refractivity (Wildman–Crippen MR) is 78.2 cm³/mol. The van der Waals surface area contributed by atoms with Crippen molar-refractivity contribution in [1.82, 2.24) is 10.0 Å². The van der Waals surface area contributed by atoms with Crippen molar-refractivity contribution in [2.75, 3.05) is 25.6 Å². The first-order valence-corrected chi connectivity index (χ1v) is 8.80. The number of hydrogen-bond acceptors (Lipinski definition) is 4. The van der Waals surface area contributed by atoms with E-state index in [2.05, 4.69) is 10.0 Å². The Morgan fingerprint density at radius 3 is 2.33 bits per heavy atom. The van der Waals surface area contributed by atoms with Gasteiger partial charge in [0.2, 0.25) is 10.0 Å². The van der Waals surface area contributed by atoms with Crippen LogP contribution < -0.4 is 10.0 Å². The van der Waals surface area contributed by atoms with E-state index in [-0.39, 0.29) is 5.75 Å². The van der Waals surface area contributed by atoms with E-state index in [1.54, 1.807) is 11.8 Å². The maximum Gasteiger partial charge on any atom is 0.215 e. The summed E-state index contributed by atoms with van der Waals surface area (Å²) in [5, 5.41) is 3.05. The Balaban J connectivity index is 2.55. The van der Waals surface area contributed by atoms with Gasteiger partial charge in [0.05, 0.1) is 5.75 Å². The first-order chi connectivity index (χ1) is 8.57. The molecule has 0 aliphatic rings. The third kappa shape index (κ3) is 5.86. The Labute approximate surface area is 114 Å². The molecule has 0 unspecified atom stereocenters. The molecule has 102 valence electrons. The van der Waals surface area contributed by atoms with Crippen LogP contribution in [0.15, 0.2) is 24.3 Å². The number of sulfonamides is 1. The Morgan fingerprint density at radius 1 is 1.17 bits per heavy atom. The molecule has 0 aliphatic heterocycles. The highest BCUT2D eigenvalue weighted by atomic mass is 32.2. The molecule has 1 aromatic rings. The summed E-state index contributed by atoms with van der Waals surface area (Å²) < 4.78 is 26.1. The summed E-state index contributed by atoms with van der Waals surface area (Å²) in [4.78, 5) is 0. The second kappa shape index (κ2) is 7.78. The molecule has 18 heavy (non-hydrogen) atoms. The van der Waals surface area contributed by atoms with Crippen LogP contribution in [-0.4, -0.2) is 34.0 Å². The van der Waals surface area contributed by atoms with Gasteiger partial charge >= 0.3 is 0 Å². The molecule has 0 bridgehead atoms. The van der Waals surface area contributed by atoms with E-state index in [1.807, 2.05) is 37.6 Å². The minimum absolute atomic E-state index is 0.0429. The van der Waals surface area contributed by atoms with Crippen molar-refractivity contribution in [3.05, 3.63) is 35.4 Å². The maximum absolute atomic E-state index is 11.8. The molecule has 0 saturated carbocycles. The zero-order chi connectivity index (χ0) is 13.4. The summed E-state index contributed by atoms with van der Waals surface area (Å²) >= 11 is 1.62. The van der Waals surface area contributed by atoms with E-state index < -0.39 is 10.0 Å². The van der Waals surface area contributed by atoms with Gasteiger partial charge in [-0.2, -0.15) is 11.8 Å². The quantitative estimate of drug-likeness (QED) is 0.706. The van der Waals surface area contributed by atoms with E-state index in [9.17, 15) is 8.42 Å². The van der Waals surface area contributed by atoms with Gasteiger partial charge in [-0.1, -0.05) is 24.3 Å². The van der Waals surface area contributed by atoms with Crippen LogP contribution >= 0.6 is 11.8 Å². The van der Waals surface area contributed by atoms with E-state index in [4.69, 9.17) is 0 Å². The maximum atomic E-state index is 11.8. The largest absolute Gasteiger partial charge is 0.316 e. The van der Waals surface area contributed by atoms with Crippen molar-refractivity contribution in [2.45, 2.75) is 12.3 Å². The summed E-state index contributed by atoms with van der Waals surface area (Å²) in [6.45, 7) is 1.28. The van der Waals surface area contributed by atoms with Crippen molar-refractivity contribution in [2.24, 2.45) is 0 Å². The zero-order valence-corrected chi connectivity index (χ0v) is 12.4. The summed E-state index contributed by atoms with van der Waals surface area (Å²) in [6.07, 6.45) is 1.95. The number of thioether (sulfide) groups is 1. The molecule has 0 amide bonds. The van der Waals surface area contributed by atoms with Gasteiger partial charge in [-0.3, -0.25) is 0 Å². The average Bonchev–Trinajstić information content (AvgIpc) is 2.32. The molecule has 0 heterocycles. The van der Waals surface area contributed by atoms with E-state index >= 15 is 0 Å². The lowest BCUT2D eigenvalue weighted by atomic mass is 10.1. The van der Waals surface area contributed by atoms with Crippen LogP contribution in [0, 0.1) is 0 Å². The minimum Gasteiger partial charge on any atom is -0.316 e. The molecular formula is C12H20N2O2S2. The molecule has 4 nitrogen and oxygen atoms in total. The first-order valence-electron chi connectivity index (χ1n) is 5.76. The lowest BCUT2D eigenvalue weighted by Gasteiger charge is -2.07. The Kier molecular flexibility index (Phi) is 6.70. The minimum atomic E-state index is -3.21. The zero-order valence-electron chi connectivity index (χ0n) is 10.8. The number of nitrogens with one attached hydrogen (secondary N) is 2. The Morgan fingerprint density at radius 2 is 1.78 bits per heavy atom. The highest BCUT2D eigenvalue weighted by Crippen LogP contribution is 2.07. The van der Waals surface area contributed by atoms with Crippen molar-refractivity contribution >= 4 is 21.8 Å². The third-order valence-electron chi connectivity index (χ3n) is 2.39. The Bertz CT molecular complexity index is 444. The highest BCUT2D eigenvalue weighted by molar-refractivity contribution is 7.98. The molecule has 0 atom stereocenters. The second-order valence-electron chi connectivity index (χ2n) is 3.99. The van der Waals surface area contributed by atoms with Gasteiger partial charge in [-0.15, -0.1) is 0 Å². The molecule has 6 heteroatoms. The fourth-order valence-electron chi connectivity index (χ4n) is 1.53. The van der Waals surface area contributed by atoms with Crippen LogP contribution in [0.5, 0.6) is 0 Å². The third-order valence-corrected chi connectivity index (χ3v) is 4.36. The fourth-order valence-corrected chi connectivity index (χ4v) is 3.11. The Hall–Kier alpha value is -0.560. The number of hydrogen-bond donors (Lipinski definition) is 2. The van der Waals surface area contributed by atoms with Gasteiger partial charge < -0.3 is 5.32 Å². The number of benzene rings is 1. The molecule has 0 spiro atoms. The molecule has 0 aliphatic carbocycles. The van der Waals surface area contributed by atoms with Crippen LogP contribution in [0.4, 0.5) is 0 Å². The van der Waals surface area contributed by atoms with E-state index in [0.717, 1.165) is 23.4 Å². The lowest BCUT2D eigenvalue weighted by molar-refractivity contribution is 0.583. The molecule has 0 fully saturated rings. The SMILES string of the molecule is CNCc1ccc(CS(=O)(=O)NCCSC)cc1. The van der Waals surface area contributed by atoms with Crippen LogP contribution in [0.1, 0.15) is 11.1 Å². The van der Waals surface area contributed by atoms with Crippen LogP contribution in [0.3, 0.4) is 0 Å². The van der Waals surface area contributed by atoms with Gasteiger partial charge in [0.25, 0.3) is 0 Å². The molecule has 0 saturated heterocycles. The lowest BCUT2D eigenvalue weighted by Crippen LogP contribution is -2.27. The van der Waals surface area contributed by atoms with Crippen molar-refractivity contribution in [3.63, 3.8) is 0 Å². The second-order valence-corrected chi connectivity index (χ2v) is 6.79. The van der Waals surface area contributed by atoms with Gasteiger partial charge in [-0.25, -0.2) is 13.1 Å². The van der Waals surface area contributed by atoms with Gasteiger partial charge in [0.15, 0.2) is 0 Å². The van der Waals surface area contributed by atoms with Gasteiger partial charge in [0, 0.05) is 18.8 Å². The number of rotatable bonds is 8. The highest BCUT2D eigenvalue weighted by Gasteiger charge is 2.10. The molecule has 0 aromatic heterocycles.